The summed E-state index contributed by atoms with van der Waals surface area (Å²) in [5, 5.41) is 3.36. The van der Waals surface area contributed by atoms with Crippen LogP contribution in [0.4, 0.5) is 0 Å². The summed E-state index contributed by atoms with van der Waals surface area (Å²) in [6.07, 6.45) is 0. The van der Waals surface area contributed by atoms with Crippen molar-refractivity contribution < 1.29 is 4.42 Å². The van der Waals surface area contributed by atoms with Crippen molar-refractivity contribution in [3.8, 4) is 0 Å². The lowest BCUT2D eigenvalue weighted by Gasteiger charge is -2.27. The van der Waals surface area contributed by atoms with Gasteiger partial charge in [-0.25, -0.2) is 4.79 Å². The topological polar surface area (TPSA) is 47.2 Å². The molecule has 2 aromatic rings. The molecule has 1 aromatic carbocycles. The number of aryl methyl sites for hydroxylation is 1. The monoisotopic (exact) mass is 262 g/mol. The molecule has 4 heteroatoms. The van der Waals surface area contributed by atoms with E-state index < -0.39 is 0 Å². The molecular formula is C15H22N2O2. The van der Waals surface area contributed by atoms with Crippen LogP contribution in [-0.4, -0.2) is 11.6 Å². The third kappa shape index (κ3) is 2.45. The molecule has 0 saturated heterocycles. The number of benzene rings is 1. The molecule has 2 atom stereocenters. The van der Waals surface area contributed by atoms with Crippen molar-refractivity contribution in [2.45, 2.75) is 26.8 Å². The van der Waals surface area contributed by atoms with Gasteiger partial charge in [0.25, 0.3) is 0 Å². The van der Waals surface area contributed by atoms with Gasteiger partial charge in [-0.1, -0.05) is 26.8 Å². The first-order chi connectivity index (χ1) is 8.95. The molecule has 1 aromatic heterocycles. The zero-order valence-electron chi connectivity index (χ0n) is 12.2. The number of oxazole rings is 1. The first kappa shape index (κ1) is 13.9. The maximum atomic E-state index is 11.5. The molecule has 0 radical (unpaired) electrons. The van der Waals surface area contributed by atoms with E-state index >= 15 is 0 Å². The van der Waals surface area contributed by atoms with Crippen molar-refractivity contribution in [2.75, 3.05) is 7.05 Å². The van der Waals surface area contributed by atoms with Gasteiger partial charge in [0.1, 0.15) is 0 Å². The van der Waals surface area contributed by atoms with Gasteiger partial charge in [0.2, 0.25) is 0 Å². The first-order valence-electron chi connectivity index (χ1n) is 6.72. The van der Waals surface area contributed by atoms with E-state index in [4.69, 9.17) is 4.42 Å². The number of nitrogens with one attached hydrogen (secondary N) is 1. The Labute approximate surface area is 113 Å². The smallest absolute Gasteiger partial charge is 0.408 e. The normalized spacial score (nSPS) is 15.1. The highest BCUT2D eigenvalue weighted by Crippen LogP contribution is 2.29. The molecule has 2 unspecified atom stereocenters. The van der Waals surface area contributed by atoms with Crippen LogP contribution >= 0.6 is 0 Å². The van der Waals surface area contributed by atoms with E-state index in [2.05, 4.69) is 32.2 Å². The molecule has 0 aliphatic rings. The van der Waals surface area contributed by atoms with Gasteiger partial charge in [0.15, 0.2) is 5.58 Å². The lowest BCUT2D eigenvalue weighted by molar-refractivity contribution is 0.317. The van der Waals surface area contributed by atoms with Crippen molar-refractivity contribution in [1.29, 1.82) is 0 Å². The third-order valence-electron chi connectivity index (χ3n) is 4.06. The highest BCUT2D eigenvalue weighted by atomic mass is 16.4. The summed E-state index contributed by atoms with van der Waals surface area (Å²) in [5.74, 6) is 0.763. The molecule has 0 amide bonds. The Kier molecular flexibility index (Phi) is 3.80. The van der Waals surface area contributed by atoms with E-state index in [1.165, 1.54) is 4.57 Å². The zero-order valence-corrected chi connectivity index (χ0v) is 12.2. The minimum atomic E-state index is -0.315. The molecular weight excluding hydrogens is 240 g/mol. The van der Waals surface area contributed by atoms with Crippen LogP contribution in [-0.2, 0) is 7.05 Å². The number of hydrogen-bond donors (Lipinski definition) is 1. The Bertz CT molecular complexity index is 625. The van der Waals surface area contributed by atoms with Crippen LogP contribution in [0.3, 0.4) is 0 Å². The molecule has 104 valence electrons. The fourth-order valence-corrected chi connectivity index (χ4v) is 2.46. The Morgan fingerprint density at radius 1 is 1.26 bits per heavy atom. The number of hydrogen-bond acceptors (Lipinski definition) is 3. The molecule has 1 N–H and O–H groups in total. The highest BCUT2D eigenvalue weighted by molar-refractivity contribution is 5.73. The summed E-state index contributed by atoms with van der Waals surface area (Å²) < 4.78 is 6.78. The van der Waals surface area contributed by atoms with Crippen LogP contribution in [0.2, 0.25) is 0 Å². The van der Waals surface area contributed by atoms with Crippen molar-refractivity contribution in [1.82, 2.24) is 9.88 Å². The Hall–Kier alpha value is -1.55. The Morgan fingerprint density at radius 3 is 2.53 bits per heavy atom. The summed E-state index contributed by atoms with van der Waals surface area (Å²) >= 11 is 0. The highest BCUT2D eigenvalue weighted by Gasteiger charge is 2.21. The zero-order chi connectivity index (χ0) is 14.2. The lowest BCUT2D eigenvalue weighted by atomic mass is 9.86. The minimum Gasteiger partial charge on any atom is -0.408 e. The second-order valence-corrected chi connectivity index (χ2v) is 5.52. The first-order valence-corrected chi connectivity index (χ1v) is 6.72. The van der Waals surface area contributed by atoms with E-state index in [-0.39, 0.29) is 11.8 Å². The van der Waals surface area contributed by atoms with E-state index in [1.54, 1.807) is 7.05 Å². The van der Waals surface area contributed by atoms with E-state index in [0.29, 0.717) is 17.4 Å². The van der Waals surface area contributed by atoms with Crippen LogP contribution in [0.1, 0.15) is 32.4 Å². The summed E-state index contributed by atoms with van der Waals surface area (Å²) in [7, 11) is 3.69. The Morgan fingerprint density at radius 2 is 1.95 bits per heavy atom. The molecule has 4 nitrogen and oxygen atoms in total. The van der Waals surface area contributed by atoms with Gasteiger partial charge >= 0.3 is 5.76 Å². The van der Waals surface area contributed by atoms with Crippen molar-refractivity contribution >= 4 is 11.1 Å². The Balaban J connectivity index is 2.47. The van der Waals surface area contributed by atoms with Crippen LogP contribution in [0.25, 0.3) is 11.1 Å². The van der Waals surface area contributed by atoms with Crippen LogP contribution < -0.4 is 11.1 Å². The number of aromatic nitrogens is 1. The van der Waals surface area contributed by atoms with Gasteiger partial charge in [0.05, 0.1) is 5.52 Å². The van der Waals surface area contributed by atoms with Crippen LogP contribution in [0, 0.1) is 11.8 Å². The molecule has 2 rings (SSSR count). The SMILES string of the molecule is CNC(c1ccc2c(c1)oc(=O)n2C)C(C)C(C)C. The number of fused-ring (bicyclic) bond motifs is 1. The van der Waals surface area contributed by atoms with Crippen LogP contribution in [0.15, 0.2) is 27.4 Å². The van der Waals surface area contributed by atoms with Gasteiger partial charge in [0, 0.05) is 13.1 Å². The third-order valence-corrected chi connectivity index (χ3v) is 4.06. The standard InChI is InChI=1S/C15H22N2O2/c1-9(2)10(3)14(16-4)11-6-7-12-13(8-11)19-15(18)17(12)5/h6-10,14,16H,1-5H3. The molecule has 0 spiro atoms. The summed E-state index contributed by atoms with van der Waals surface area (Å²) in [6.45, 7) is 6.67. The molecule has 0 saturated carbocycles. The maximum absolute atomic E-state index is 11.5. The van der Waals surface area contributed by atoms with Crippen molar-refractivity contribution in [3.05, 3.63) is 34.3 Å². The molecule has 19 heavy (non-hydrogen) atoms. The van der Waals surface area contributed by atoms with Crippen LogP contribution in [0.5, 0.6) is 0 Å². The average Bonchev–Trinajstić information content (AvgIpc) is 2.65. The molecule has 0 fully saturated rings. The predicted molar refractivity (Wildman–Crippen MR) is 77.3 cm³/mol. The van der Waals surface area contributed by atoms with Gasteiger partial charge in [-0.3, -0.25) is 4.57 Å². The number of rotatable bonds is 4. The van der Waals surface area contributed by atoms with E-state index in [0.717, 1.165) is 11.1 Å². The summed E-state index contributed by atoms with van der Waals surface area (Å²) in [6, 6.07) is 6.25. The van der Waals surface area contributed by atoms with Gasteiger partial charge in [-0.2, -0.15) is 0 Å². The van der Waals surface area contributed by atoms with Crippen molar-refractivity contribution in [2.24, 2.45) is 18.9 Å². The second-order valence-electron chi connectivity index (χ2n) is 5.52. The summed E-state index contributed by atoms with van der Waals surface area (Å²) in [4.78, 5) is 11.5. The molecule has 0 aliphatic heterocycles. The fraction of sp³-hybridized carbons (Fsp3) is 0.533. The molecule has 0 bridgehead atoms. The van der Waals surface area contributed by atoms with Crippen molar-refractivity contribution in [3.63, 3.8) is 0 Å². The quantitative estimate of drug-likeness (QED) is 0.921. The van der Waals surface area contributed by atoms with E-state index in [9.17, 15) is 4.79 Å². The fourth-order valence-electron chi connectivity index (χ4n) is 2.46. The largest absolute Gasteiger partial charge is 0.419 e. The molecule has 1 heterocycles. The van der Waals surface area contributed by atoms with E-state index in [1.807, 2.05) is 19.2 Å². The lowest BCUT2D eigenvalue weighted by Crippen LogP contribution is -2.26. The predicted octanol–water partition coefficient (Wildman–Crippen LogP) is 2.68. The summed E-state index contributed by atoms with van der Waals surface area (Å²) in [5.41, 5.74) is 2.65. The maximum Gasteiger partial charge on any atom is 0.419 e. The van der Waals surface area contributed by atoms with Gasteiger partial charge < -0.3 is 9.73 Å². The van der Waals surface area contributed by atoms with Gasteiger partial charge in [-0.05, 0) is 36.6 Å². The number of nitrogens with zero attached hydrogens (tertiary/aromatic N) is 1. The average molecular weight is 262 g/mol. The molecule has 0 aliphatic carbocycles. The minimum absolute atomic E-state index is 0.259. The van der Waals surface area contributed by atoms with Gasteiger partial charge in [-0.15, -0.1) is 0 Å². The second kappa shape index (κ2) is 5.21.